The monoisotopic (exact) mass is 397 g/mol. The summed E-state index contributed by atoms with van der Waals surface area (Å²) < 4.78 is 5.33. The molecule has 8 nitrogen and oxygen atoms in total. The van der Waals surface area contributed by atoms with Gasteiger partial charge in [-0.05, 0) is 42.8 Å². The van der Waals surface area contributed by atoms with Crippen LogP contribution in [0, 0.1) is 0 Å². The van der Waals surface area contributed by atoms with Crippen LogP contribution in [0.4, 0.5) is 11.4 Å². The number of rotatable bonds is 7. The number of amides is 4. The number of anilines is 2. The van der Waals surface area contributed by atoms with E-state index in [9.17, 15) is 19.2 Å². The van der Waals surface area contributed by atoms with Crippen molar-refractivity contribution >= 4 is 35.0 Å². The summed E-state index contributed by atoms with van der Waals surface area (Å²) in [5, 5.41) is 2.64. The van der Waals surface area contributed by atoms with Crippen LogP contribution in [0.15, 0.2) is 47.1 Å². The van der Waals surface area contributed by atoms with E-state index >= 15 is 0 Å². The van der Waals surface area contributed by atoms with Gasteiger partial charge < -0.3 is 14.6 Å². The second kappa shape index (κ2) is 8.72. The fourth-order valence-electron chi connectivity index (χ4n) is 3.33. The quantitative estimate of drug-likeness (QED) is 0.724. The Morgan fingerprint density at radius 1 is 1.21 bits per heavy atom. The van der Waals surface area contributed by atoms with E-state index in [0.29, 0.717) is 23.6 Å². The van der Waals surface area contributed by atoms with Crippen LogP contribution in [0.3, 0.4) is 0 Å². The fraction of sp³-hybridized carbons (Fsp3) is 0.333. The summed E-state index contributed by atoms with van der Waals surface area (Å²) in [5.41, 5.74) is 0.965. The van der Waals surface area contributed by atoms with Gasteiger partial charge >= 0.3 is 0 Å². The van der Waals surface area contributed by atoms with Crippen molar-refractivity contribution in [2.45, 2.75) is 45.7 Å². The molecule has 0 bridgehead atoms. The summed E-state index contributed by atoms with van der Waals surface area (Å²) in [7, 11) is 0. The maximum Gasteiger partial charge on any atom is 0.257 e. The van der Waals surface area contributed by atoms with Crippen molar-refractivity contribution in [3.05, 3.63) is 48.4 Å². The molecule has 1 N–H and O–H groups in total. The topological polar surface area (TPSA) is 99.9 Å². The predicted octanol–water partition coefficient (Wildman–Crippen LogP) is 2.70. The van der Waals surface area contributed by atoms with Crippen LogP contribution in [0.2, 0.25) is 0 Å². The van der Waals surface area contributed by atoms with E-state index in [1.54, 1.807) is 36.4 Å². The summed E-state index contributed by atoms with van der Waals surface area (Å²) in [4.78, 5) is 52.0. The Hall–Kier alpha value is -3.42. The molecular formula is C21H23N3O5. The first-order chi connectivity index (χ1) is 13.9. The molecule has 2 aromatic rings. The molecule has 0 spiro atoms. The van der Waals surface area contributed by atoms with Crippen molar-refractivity contribution in [3.63, 3.8) is 0 Å². The van der Waals surface area contributed by atoms with Crippen LogP contribution < -0.4 is 10.2 Å². The van der Waals surface area contributed by atoms with Crippen LogP contribution in [-0.4, -0.2) is 34.6 Å². The lowest BCUT2D eigenvalue weighted by atomic mass is 10.1. The predicted molar refractivity (Wildman–Crippen MR) is 106 cm³/mol. The zero-order chi connectivity index (χ0) is 21.0. The van der Waals surface area contributed by atoms with Gasteiger partial charge in [0.2, 0.25) is 17.7 Å². The molecule has 1 saturated heterocycles. The second-order valence-electron chi connectivity index (χ2n) is 6.87. The Bertz CT molecular complexity index is 905. The van der Waals surface area contributed by atoms with Crippen LogP contribution in [0.5, 0.6) is 0 Å². The molecule has 1 aliphatic rings. The van der Waals surface area contributed by atoms with E-state index in [2.05, 4.69) is 5.32 Å². The highest BCUT2D eigenvalue weighted by atomic mass is 16.3. The number of imide groups is 1. The number of benzene rings is 1. The molecule has 0 radical (unpaired) electrons. The molecule has 0 saturated carbocycles. The third-order valence-corrected chi connectivity index (χ3v) is 4.64. The molecule has 0 aliphatic carbocycles. The first-order valence-corrected chi connectivity index (χ1v) is 9.47. The lowest BCUT2D eigenvalue weighted by Crippen LogP contribution is -2.45. The largest absolute Gasteiger partial charge is 0.467 e. The molecule has 8 heteroatoms. The van der Waals surface area contributed by atoms with Gasteiger partial charge in [0, 0.05) is 19.0 Å². The van der Waals surface area contributed by atoms with Crippen molar-refractivity contribution in [1.82, 2.24) is 4.90 Å². The summed E-state index contributed by atoms with van der Waals surface area (Å²) >= 11 is 0. The average molecular weight is 397 g/mol. The SMILES string of the molecule is CCCC(=O)N(Cc1ccco1)C1CC(=O)N(c2ccc(NC(C)=O)cc2)C1=O. The molecule has 3 rings (SSSR count). The van der Waals surface area contributed by atoms with Crippen molar-refractivity contribution in [1.29, 1.82) is 0 Å². The van der Waals surface area contributed by atoms with Gasteiger partial charge in [-0.3, -0.25) is 19.2 Å². The van der Waals surface area contributed by atoms with E-state index in [-0.39, 0.29) is 37.1 Å². The molecule has 1 fully saturated rings. The van der Waals surface area contributed by atoms with Gasteiger partial charge in [-0.2, -0.15) is 0 Å². The Morgan fingerprint density at radius 3 is 2.52 bits per heavy atom. The highest BCUT2D eigenvalue weighted by molar-refractivity contribution is 6.23. The minimum atomic E-state index is -0.873. The van der Waals surface area contributed by atoms with Gasteiger partial charge in [-0.25, -0.2) is 4.90 Å². The highest BCUT2D eigenvalue weighted by Gasteiger charge is 2.44. The third-order valence-electron chi connectivity index (χ3n) is 4.64. The number of hydrogen-bond acceptors (Lipinski definition) is 5. The van der Waals surface area contributed by atoms with Gasteiger partial charge in [0.25, 0.3) is 5.91 Å². The molecule has 1 aliphatic heterocycles. The fourth-order valence-corrected chi connectivity index (χ4v) is 3.33. The maximum absolute atomic E-state index is 13.1. The first-order valence-electron chi connectivity index (χ1n) is 9.47. The molecular weight excluding hydrogens is 374 g/mol. The van der Waals surface area contributed by atoms with Crippen molar-refractivity contribution in [3.8, 4) is 0 Å². The normalized spacial score (nSPS) is 16.2. The van der Waals surface area contributed by atoms with Crippen LogP contribution in [0.1, 0.15) is 38.9 Å². The summed E-state index contributed by atoms with van der Waals surface area (Å²) in [5.74, 6) is -0.681. The average Bonchev–Trinajstić information content (AvgIpc) is 3.28. The van der Waals surface area contributed by atoms with Gasteiger partial charge in [-0.1, -0.05) is 6.92 Å². The lowest BCUT2D eigenvalue weighted by Gasteiger charge is -2.27. The summed E-state index contributed by atoms with van der Waals surface area (Å²) in [6, 6.07) is 8.99. The molecule has 1 unspecified atom stereocenters. The number of furan rings is 1. The third kappa shape index (κ3) is 4.53. The van der Waals surface area contributed by atoms with E-state index in [0.717, 1.165) is 4.90 Å². The molecule has 29 heavy (non-hydrogen) atoms. The Kier molecular flexibility index (Phi) is 6.11. The zero-order valence-corrected chi connectivity index (χ0v) is 16.4. The van der Waals surface area contributed by atoms with Crippen molar-refractivity contribution < 1.29 is 23.6 Å². The lowest BCUT2D eigenvalue weighted by molar-refractivity contribution is -0.139. The van der Waals surface area contributed by atoms with E-state index < -0.39 is 11.9 Å². The molecule has 1 aromatic heterocycles. The molecule has 1 aromatic carbocycles. The Morgan fingerprint density at radius 2 is 1.93 bits per heavy atom. The van der Waals surface area contributed by atoms with Gasteiger partial charge in [0.05, 0.1) is 24.9 Å². The smallest absolute Gasteiger partial charge is 0.257 e. The number of nitrogens with zero attached hydrogens (tertiary/aromatic N) is 2. The molecule has 152 valence electrons. The van der Waals surface area contributed by atoms with E-state index in [1.165, 1.54) is 18.1 Å². The van der Waals surface area contributed by atoms with Crippen molar-refractivity contribution in [2.75, 3.05) is 10.2 Å². The Labute approximate surface area is 168 Å². The number of hydrogen-bond donors (Lipinski definition) is 1. The van der Waals surface area contributed by atoms with Crippen molar-refractivity contribution in [2.24, 2.45) is 0 Å². The molecule has 1 atom stereocenters. The Balaban J connectivity index is 1.83. The van der Waals surface area contributed by atoms with Crippen LogP contribution in [-0.2, 0) is 25.7 Å². The minimum Gasteiger partial charge on any atom is -0.467 e. The van der Waals surface area contributed by atoms with Crippen LogP contribution in [0.25, 0.3) is 0 Å². The minimum absolute atomic E-state index is 0.0809. The summed E-state index contributed by atoms with van der Waals surface area (Å²) in [6.45, 7) is 3.41. The summed E-state index contributed by atoms with van der Waals surface area (Å²) in [6.07, 6.45) is 2.34. The van der Waals surface area contributed by atoms with E-state index in [1.807, 2.05) is 6.92 Å². The number of carbonyl (C=O) groups excluding carboxylic acids is 4. The molecule has 2 heterocycles. The maximum atomic E-state index is 13.1. The standard InChI is InChI=1S/C21H23N3O5/c1-3-5-19(26)23(13-17-6-4-11-29-17)18-12-20(27)24(21(18)28)16-9-7-15(8-10-16)22-14(2)25/h4,6-11,18H,3,5,12-13H2,1-2H3,(H,22,25). The first kappa shape index (κ1) is 20.3. The van der Waals surface area contributed by atoms with Gasteiger partial charge in [0.1, 0.15) is 11.8 Å². The number of carbonyl (C=O) groups is 4. The zero-order valence-electron chi connectivity index (χ0n) is 16.4. The second-order valence-corrected chi connectivity index (χ2v) is 6.87. The highest BCUT2D eigenvalue weighted by Crippen LogP contribution is 2.28. The van der Waals surface area contributed by atoms with Gasteiger partial charge in [0.15, 0.2) is 0 Å². The number of nitrogens with one attached hydrogen (secondary N) is 1. The van der Waals surface area contributed by atoms with Gasteiger partial charge in [-0.15, -0.1) is 0 Å². The van der Waals surface area contributed by atoms with Crippen LogP contribution >= 0.6 is 0 Å². The molecule has 4 amide bonds. The van der Waals surface area contributed by atoms with E-state index in [4.69, 9.17) is 4.42 Å².